The molecule has 6 rings (SSSR count). The predicted octanol–water partition coefficient (Wildman–Crippen LogP) is 7.36. The topological polar surface area (TPSA) is 116 Å². The Morgan fingerprint density at radius 3 is 2.06 bits per heavy atom. The smallest absolute Gasteiger partial charge is 0.305 e. The molecule has 0 bridgehead atoms. The first-order valence-electron chi connectivity index (χ1n) is 18.5. The van der Waals surface area contributed by atoms with E-state index in [2.05, 4.69) is 20.8 Å². The zero-order valence-corrected chi connectivity index (χ0v) is 29.5. The normalized spacial score (nSPS) is 41.4. The van der Waals surface area contributed by atoms with E-state index in [1.807, 2.05) is 0 Å². The van der Waals surface area contributed by atoms with Crippen LogP contribution >= 0.6 is 0 Å². The second-order valence-electron chi connectivity index (χ2n) is 16.5. The molecule has 0 N–H and O–H groups in total. The number of rotatable bonds is 6. The first kappa shape index (κ1) is 35.1. The van der Waals surface area contributed by atoms with E-state index in [-0.39, 0.29) is 76.5 Å². The summed E-state index contributed by atoms with van der Waals surface area (Å²) in [6.07, 6.45) is 13.1. The summed E-state index contributed by atoms with van der Waals surface area (Å²) in [5.74, 6) is -1.42. The molecule has 0 unspecified atom stereocenters. The summed E-state index contributed by atoms with van der Waals surface area (Å²) in [5.41, 5.74) is -0.411. The molecule has 5 saturated carbocycles. The molecule has 0 aromatic carbocycles. The maximum Gasteiger partial charge on any atom is 0.305 e. The van der Waals surface area contributed by atoms with E-state index >= 15 is 0 Å². The van der Waals surface area contributed by atoms with Crippen molar-refractivity contribution in [2.45, 2.75) is 161 Å². The van der Waals surface area contributed by atoms with Gasteiger partial charge in [-0.15, -0.1) is 0 Å². The summed E-state index contributed by atoms with van der Waals surface area (Å²) in [5, 5.41) is 0. The molecule has 10 atom stereocenters. The van der Waals surface area contributed by atoms with Gasteiger partial charge in [-0.3, -0.25) is 14.4 Å². The monoisotopic (exact) mass is 662 g/mol. The maximum absolute atomic E-state index is 12.7. The van der Waals surface area contributed by atoms with E-state index in [0.29, 0.717) is 32.1 Å². The Hall–Kier alpha value is -1.75. The molecule has 6 fully saturated rings. The van der Waals surface area contributed by atoms with Crippen molar-refractivity contribution in [3.63, 3.8) is 0 Å². The third-order valence-electron chi connectivity index (χ3n) is 14.0. The minimum absolute atomic E-state index is 0.108. The Labute approximate surface area is 280 Å². The maximum atomic E-state index is 12.7. The number of ether oxygens (including phenoxy) is 3. The van der Waals surface area contributed by atoms with Crippen molar-refractivity contribution >= 4 is 17.9 Å². The van der Waals surface area contributed by atoms with Crippen LogP contribution in [0.4, 0.5) is 0 Å². The summed E-state index contributed by atoms with van der Waals surface area (Å²) in [6.45, 7) is 9.91. The molecule has 0 aromatic heterocycles. The third kappa shape index (κ3) is 6.50. The largest absolute Gasteiger partial charge is 0.469 e. The minimum atomic E-state index is -1.00. The average molecular weight is 663 g/mol. The first-order chi connectivity index (χ1) is 22.3. The number of methoxy groups -OCH3 is 1. The lowest BCUT2D eigenvalue weighted by Crippen LogP contribution is -2.65. The van der Waals surface area contributed by atoms with Crippen LogP contribution in [0, 0.1) is 46.3 Å². The molecule has 1 heterocycles. The Bertz CT molecular complexity index is 1150. The van der Waals surface area contributed by atoms with Crippen LogP contribution in [-0.4, -0.2) is 48.8 Å². The molecule has 10 heteroatoms. The van der Waals surface area contributed by atoms with Crippen molar-refractivity contribution in [2.75, 3.05) is 7.11 Å². The van der Waals surface area contributed by atoms with Gasteiger partial charge in [0, 0.05) is 57.3 Å². The predicted molar refractivity (Wildman–Crippen MR) is 170 cm³/mol. The molecular weight excluding hydrogens is 604 g/mol. The first-order valence-corrected chi connectivity index (χ1v) is 18.5. The number of hydrogen-bond donors (Lipinski definition) is 0. The average Bonchev–Trinajstić information content (AvgIpc) is 3.38. The zero-order valence-electron chi connectivity index (χ0n) is 29.5. The fourth-order valence-electron chi connectivity index (χ4n) is 11.5. The van der Waals surface area contributed by atoms with Crippen molar-refractivity contribution < 1.29 is 48.1 Å². The second kappa shape index (κ2) is 13.5. The number of fused-ring (bicyclic) bond motifs is 5. The van der Waals surface area contributed by atoms with Gasteiger partial charge >= 0.3 is 17.9 Å². The van der Waals surface area contributed by atoms with Crippen molar-refractivity contribution in [1.82, 2.24) is 0 Å². The van der Waals surface area contributed by atoms with Crippen LogP contribution < -0.4 is 0 Å². The van der Waals surface area contributed by atoms with Gasteiger partial charge in [-0.1, -0.05) is 40.0 Å². The van der Waals surface area contributed by atoms with Crippen LogP contribution in [0.15, 0.2) is 0 Å². The van der Waals surface area contributed by atoms with Crippen LogP contribution in [-0.2, 0) is 48.1 Å². The molecule has 266 valence electrons. The van der Waals surface area contributed by atoms with Crippen LogP contribution in [0.3, 0.4) is 0 Å². The molecule has 6 aliphatic rings. The Balaban J connectivity index is 1.26. The third-order valence-corrected chi connectivity index (χ3v) is 14.0. The molecule has 1 aliphatic heterocycles. The molecule has 5 aliphatic carbocycles. The Morgan fingerprint density at radius 1 is 0.787 bits per heavy atom. The zero-order chi connectivity index (χ0) is 33.6. The van der Waals surface area contributed by atoms with Crippen molar-refractivity contribution in [3.05, 3.63) is 0 Å². The standard InChI is InChI=1S/C37H58O10/c1-23(12-15-32(40)41-6)27-13-14-28-33-29(21-31(35(27,28)5)43-25(3)39)34(4)18-19-37(22-26(34)20-30(33)42-24(2)38)46-44-36(45-47-37)16-10-8-7-9-11-17-36/h23,26-31,33H,7-22H2,1-6H3/t23-,26-,27-,28+,29+,30-,31+,33+,34+,35-/m1/s1. The van der Waals surface area contributed by atoms with Gasteiger partial charge in [-0.25, -0.2) is 0 Å². The van der Waals surface area contributed by atoms with E-state index in [9.17, 15) is 14.4 Å². The highest BCUT2D eigenvalue weighted by Crippen LogP contribution is 2.70. The van der Waals surface area contributed by atoms with E-state index in [0.717, 1.165) is 64.2 Å². The summed E-state index contributed by atoms with van der Waals surface area (Å²) in [7, 11) is 1.43. The minimum Gasteiger partial charge on any atom is -0.469 e. The van der Waals surface area contributed by atoms with E-state index < -0.39 is 11.6 Å². The fraction of sp³-hybridized carbons (Fsp3) is 0.919. The van der Waals surface area contributed by atoms with Crippen molar-refractivity contribution in [2.24, 2.45) is 46.3 Å². The van der Waals surface area contributed by atoms with E-state index in [1.54, 1.807) is 0 Å². The highest BCUT2D eigenvalue weighted by Gasteiger charge is 2.69. The van der Waals surface area contributed by atoms with Gasteiger partial charge in [0.15, 0.2) is 0 Å². The highest BCUT2D eigenvalue weighted by molar-refractivity contribution is 5.69. The van der Waals surface area contributed by atoms with Gasteiger partial charge in [0.1, 0.15) is 12.2 Å². The van der Waals surface area contributed by atoms with Crippen molar-refractivity contribution in [3.8, 4) is 0 Å². The molecule has 2 spiro atoms. The van der Waals surface area contributed by atoms with E-state index in [4.69, 9.17) is 33.8 Å². The van der Waals surface area contributed by atoms with Gasteiger partial charge in [0.05, 0.1) is 7.11 Å². The number of carbonyl (C=O) groups excluding carboxylic acids is 3. The van der Waals surface area contributed by atoms with Crippen LogP contribution in [0.2, 0.25) is 0 Å². The van der Waals surface area contributed by atoms with Crippen LogP contribution in [0.1, 0.15) is 137 Å². The summed E-state index contributed by atoms with van der Waals surface area (Å²) < 4.78 is 17.5. The summed E-state index contributed by atoms with van der Waals surface area (Å²) >= 11 is 0. The summed E-state index contributed by atoms with van der Waals surface area (Å²) in [4.78, 5) is 62.1. The molecule has 0 aromatic rings. The van der Waals surface area contributed by atoms with Gasteiger partial charge in [0.2, 0.25) is 11.6 Å². The molecular formula is C37H58O10. The van der Waals surface area contributed by atoms with Gasteiger partial charge < -0.3 is 14.2 Å². The Kier molecular flexibility index (Phi) is 10.1. The molecule has 0 amide bonds. The van der Waals surface area contributed by atoms with Gasteiger partial charge in [0.25, 0.3) is 0 Å². The lowest BCUT2D eigenvalue weighted by molar-refractivity contribution is -0.664. The number of esters is 3. The molecule has 10 nitrogen and oxygen atoms in total. The van der Waals surface area contributed by atoms with Crippen LogP contribution in [0.5, 0.6) is 0 Å². The molecule has 0 radical (unpaired) electrons. The van der Waals surface area contributed by atoms with Crippen molar-refractivity contribution in [1.29, 1.82) is 0 Å². The molecule has 1 saturated heterocycles. The highest BCUT2D eigenvalue weighted by atomic mass is 17.4. The number of carbonyl (C=O) groups is 3. The fourth-order valence-corrected chi connectivity index (χ4v) is 11.5. The Morgan fingerprint density at radius 2 is 1.43 bits per heavy atom. The quantitative estimate of drug-likeness (QED) is 0.162. The van der Waals surface area contributed by atoms with E-state index in [1.165, 1.54) is 27.4 Å². The lowest BCUT2D eigenvalue weighted by Gasteiger charge is -2.65. The SMILES string of the molecule is COC(=O)CC[C@@H](C)[C@H]1CC[C@H]2[C@@H]3[C@H](OC(C)=O)C[C@@H]4CC5(CC[C@]4(C)[C@H]3C[C@H](OC(C)=O)[C@]12C)OOC1(CCCCCCC1)OO5. The van der Waals surface area contributed by atoms with Crippen LogP contribution in [0.25, 0.3) is 0 Å². The van der Waals surface area contributed by atoms with Gasteiger partial charge in [-0.05, 0) is 86.4 Å². The summed E-state index contributed by atoms with van der Waals surface area (Å²) in [6, 6.07) is 0. The van der Waals surface area contributed by atoms with Gasteiger partial charge in [-0.2, -0.15) is 19.6 Å². The molecule has 47 heavy (non-hydrogen) atoms. The second-order valence-corrected chi connectivity index (χ2v) is 16.5. The lowest BCUT2D eigenvalue weighted by atomic mass is 9.42. The number of hydrogen-bond acceptors (Lipinski definition) is 10.